The molecule has 0 bridgehead atoms. The average molecular weight is 386 g/mol. The van der Waals surface area contributed by atoms with Gasteiger partial charge in [-0.1, -0.05) is 37.1 Å². The number of hydrogen-bond acceptors (Lipinski definition) is 5. The Balaban J connectivity index is 2.03. The Labute approximate surface area is 162 Å². The lowest BCUT2D eigenvalue weighted by Gasteiger charge is -2.08. The molecule has 2 aromatic carbocycles. The van der Waals surface area contributed by atoms with E-state index in [0.29, 0.717) is 34.3 Å². The molecule has 1 heterocycles. The van der Waals surface area contributed by atoms with Crippen molar-refractivity contribution in [1.29, 1.82) is 0 Å². The fourth-order valence-electron chi connectivity index (χ4n) is 2.52. The van der Waals surface area contributed by atoms with Crippen LogP contribution < -0.4 is 9.47 Å². The number of rotatable bonds is 7. The minimum absolute atomic E-state index is 0.164. The van der Waals surface area contributed by atoms with Crippen molar-refractivity contribution in [2.24, 2.45) is 0 Å². The quantitative estimate of drug-likeness (QED) is 0.561. The Morgan fingerprint density at radius 1 is 1.15 bits per heavy atom. The molecule has 0 aliphatic carbocycles. The Bertz CT molecular complexity index is 922. The van der Waals surface area contributed by atoms with Crippen LogP contribution in [0.15, 0.2) is 48.5 Å². The molecule has 0 radical (unpaired) electrons. The minimum Gasteiger partial charge on any atom is -0.496 e. The average Bonchev–Trinajstić information content (AvgIpc) is 3.12. The summed E-state index contributed by atoms with van der Waals surface area (Å²) in [7, 11) is 1.52. The Hall–Kier alpha value is -2.86. The van der Waals surface area contributed by atoms with E-state index >= 15 is 0 Å². The van der Waals surface area contributed by atoms with Gasteiger partial charge in [-0.15, -0.1) is 5.10 Å². The lowest BCUT2D eigenvalue weighted by molar-refractivity contribution is 0.0941. The highest BCUT2D eigenvalue weighted by atomic mass is 35.5. The molecule has 0 atom stereocenters. The number of benzene rings is 2. The first-order valence-corrected chi connectivity index (χ1v) is 9.05. The summed E-state index contributed by atoms with van der Waals surface area (Å²) in [6, 6.07) is 14.2. The highest BCUT2D eigenvalue weighted by Gasteiger charge is 2.22. The summed E-state index contributed by atoms with van der Waals surface area (Å²) in [5, 5.41) is 4.88. The van der Waals surface area contributed by atoms with Crippen LogP contribution in [0.5, 0.6) is 11.8 Å². The number of unbranched alkanes of at least 4 members (excludes halogenated alkanes) is 1. The van der Waals surface area contributed by atoms with Crippen molar-refractivity contribution in [3.05, 3.63) is 59.1 Å². The van der Waals surface area contributed by atoms with Crippen LogP contribution in [0, 0.1) is 0 Å². The number of aromatic nitrogens is 3. The van der Waals surface area contributed by atoms with Crippen LogP contribution in [0.3, 0.4) is 0 Å². The highest BCUT2D eigenvalue weighted by molar-refractivity contribution is 6.30. The van der Waals surface area contributed by atoms with Crippen LogP contribution in [-0.4, -0.2) is 34.4 Å². The van der Waals surface area contributed by atoms with Crippen LogP contribution in [0.4, 0.5) is 0 Å². The molecule has 7 heteroatoms. The Morgan fingerprint density at radius 2 is 1.89 bits per heavy atom. The van der Waals surface area contributed by atoms with E-state index in [-0.39, 0.29) is 11.9 Å². The zero-order valence-corrected chi connectivity index (χ0v) is 15.9. The van der Waals surface area contributed by atoms with E-state index in [4.69, 9.17) is 21.1 Å². The number of methoxy groups -OCH3 is 1. The molecule has 1 aromatic heterocycles. The van der Waals surface area contributed by atoms with Crippen molar-refractivity contribution in [2.75, 3.05) is 13.7 Å². The van der Waals surface area contributed by atoms with Crippen molar-refractivity contribution >= 4 is 17.5 Å². The maximum atomic E-state index is 13.1. The van der Waals surface area contributed by atoms with Crippen LogP contribution in [-0.2, 0) is 0 Å². The van der Waals surface area contributed by atoms with Crippen LogP contribution >= 0.6 is 11.6 Å². The summed E-state index contributed by atoms with van der Waals surface area (Å²) in [6.45, 7) is 2.56. The largest absolute Gasteiger partial charge is 0.496 e. The second kappa shape index (κ2) is 8.68. The van der Waals surface area contributed by atoms with E-state index in [1.54, 1.807) is 48.5 Å². The molecule has 0 unspecified atom stereocenters. The summed E-state index contributed by atoms with van der Waals surface area (Å²) >= 11 is 5.98. The molecule has 6 nitrogen and oxygen atoms in total. The van der Waals surface area contributed by atoms with E-state index in [0.717, 1.165) is 12.8 Å². The van der Waals surface area contributed by atoms with Gasteiger partial charge in [0.05, 0.1) is 19.3 Å². The lowest BCUT2D eigenvalue weighted by Crippen LogP contribution is -2.16. The van der Waals surface area contributed by atoms with Gasteiger partial charge in [0.25, 0.3) is 5.91 Å². The summed E-state index contributed by atoms with van der Waals surface area (Å²) in [4.78, 5) is 17.5. The van der Waals surface area contributed by atoms with E-state index in [1.807, 2.05) is 0 Å². The van der Waals surface area contributed by atoms with Gasteiger partial charge in [-0.3, -0.25) is 4.79 Å². The van der Waals surface area contributed by atoms with Gasteiger partial charge < -0.3 is 9.47 Å². The first-order valence-electron chi connectivity index (χ1n) is 8.67. The summed E-state index contributed by atoms with van der Waals surface area (Å²) < 4.78 is 12.1. The third kappa shape index (κ3) is 4.28. The van der Waals surface area contributed by atoms with Crippen molar-refractivity contribution in [1.82, 2.24) is 14.8 Å². The van der Waals surface area contributed by atoms with Crippen molar-refractivity contribution < 1.29 is 14.3 Å². The molecule has 140 valence electrons. The molecule has 3 rings (SSSR count). The first kappa shape index (κ1) is 18.9. The second-order valence-electron chi connectivity index (χ2n) is 5.84. The Morgan fingerprint density at radius 3 is 2.59 bits per heavy atom. The molecule has 0 aliphatic rings. The van der Waals surface area contributed by atoms with Gasteiger partial charge in [-0.05, 0) is 42.8 Å². The van der Waals surface area contributed by atoms with Gasteiger partial charge in [0.15, 0.2) is 5.82 Å². The van der Waals surface area contributed by atoms with Crippen molar-refractivity contribution in [2.45, 2.75) is 19.8 Å². The maximum absolute atomic E-state index is 13.1. The van der Waals surface area contributed by atoms with Crippen molar-refractivity contribution in [3.63, 3.8) is 0 Å². The number of para-hydroxylation sites is 1. The number of ether oxygens (including phenoxy) is 2. The molecule has 0 saturated carbocycles. The molecule has 0 N–H and O–H groups in total. The van der Waals surface area contributed by atoms with Crippen LogP contribution in [0.25, 0.3) is 11.4 Å². The summed E-state index contributed by atoms with van der Waals surface area (Å²) in [5.74, 6) is 0.498. The van der Waals surface area contributed by atoms with Gasteiger partial charge >= 0.3 is 6.01 Å². The van der Waals surface area contributed by atoms with Gasteiger partial charge in [-0.2, -0.15) is 9.67 Å². The standard InChI is InChI=1S/C20H20ClN3O3/c1-3-4-13-27-20-22-18(14-9-11-15(21)12-10-14)24(23-20)19(25)16-7-5-6-8-17(16)26-2/h5-12H,3-4,13H2,1-2H3. The molecular weight excluding hydrogens is 366 g/mol. The third-order valence-electron chi connectivity index (χ3n) is 3.95. The monoisotopic (exact) mass is 385 g/mol. The third-order valence-corrected chi connectivity index (χ3v) is 4.20. The highest BCUT2D eigenvalue weighted by Crippen LogP contribution is 2.25. The van der Waals surface area contributed by atoms with E-state index in [9.17, 15) is 4.79 Å². The molecule has 0 saturated heterocycles. The first-order chi connectivity index (χ1) is 13.1. The summed E-state index contributed by atoms with van der Waals surface area (Å²) in [5.41, 5.74) is 1.10. The van der Waals surface area contributed by atoms with Crippen LogP contribution in [0.1, 0.15) is 30.1 Å². The SMILES string of the molecule is CCCCOc1nc(-c2ccc(Cl)cc2)n(C(=O)c2ccccc2OC)n1. The molecular formula is C20H20ClN3O3. The predicted molar refractivity (Wildman–Crippen MR) is 104 cm³/mol. The van der Waals surface area contributed by atoms with Crippen LogP contribution in [0.2, 0.25) is 5.02 Å². The lowest BCUT2D eigenvalue weighted by atomic mass is 10.1. The second-order valence-corrected chi connectivity index (χ2v) is 6.28. The van der Waals surface area contributed by atoms with E-state index in [2.05, 4.69) is 17.0 Å². The van der Waals surface area contributed by atoms with E-state index < -0.39 is 0 Å². The zero-order valence-electron chi connectivity index (χ0n) is 15.2. The molecule has 0 fully saturated rings. The zero-order chi connectivity index (χ0) is 19.2. The summed E-state index contributed by atoms with van der Waals surface area (Å²) in [6.07, 6.45) is 1.87. The molecule has 0 spiro atoms. The molecule has 0 amide bonds. The number of nitrogens with zero attached hydrogens (tertiary/aromatic N) is 3. The molecule has 3 aromatic rings. The fraction of sp³-hybridized carbons (Fsp3) is 0.250. The number of carbonyl (C=O) groups is 1. The van der Waals surface area contributed by atoms with Crippen molar-refractivity contribution in [3.8, 4) is 23.1 Å². The van der Waals surface area contributed by atoms with Gasteiger partial charge in [0, 0.05) is 10.6 Å². The smallest absolute Gasteiger partial charge is 0.336 e. The minimum atomic E-state index is -0.352. The predicted octanol–water partition coefficient (Wildman–Crippen LogP) is 4.47. The van der Waals surface area contributed by atoms with Gasteiger partial charge in [0.1, 0.15) is 5.75 Å². The topological polar surface area (TPSA) is 66.2 Å². The fourth-order valence-corrected chi connectivity index (χ4v) is 2.65. The van der Waals surface area contributed by atoms with Gasteiger partial charge in [-0.25, -0.2) is 0 Å². The number of hydrogen-bond donors (Lipinski definition) is 0. The molecule has 27 heavy (non-hydrogen) atoms. The Kier molecular flexibility index (Phi) is 6.08. The molecule has 0 aliphatic heterocycles. The number of halogens is 1. The normalized spacial score (nSPS) is 10.6. The van der Waals surface area contributed by atoms with E-state index in [1.165, 1.54) is 11.8 Å². The number of carbonyl (C=O) groups excluding carboxylic acids is 1. The van der Waals surface area contributed by atoms with Gasteiger partial charge in [0.2, 0.25) is 0 Å². The maximum Gasteiger partial charge on any atom is 0.336 e.